The Morgan fingerprint density at radius 1 is 1.11 bits per heavy atom. The molecule has 0 atom stereocenters. The van der Waals surface area contributed by atoms with Gasteiger partial charge in [0.1, 0.15) is 11.0 Å². The maximum atomic E-state index is 6.26. The topological polar surface area (TPSA) is 38.7 Å². The molecule has 0 aromatic carbocycles. The summed E-state index contributed by atoms with van der Waals surface area (Å²) in [6, 6.07) is 1.97. The molecule has 4 heteroatoms. The maximum Gasteiger partial charge on any atom is 0.136 e. The lowest BCUT2D eigenvalue weighted by molar-refractivity contribution is 0.545. The fraction of sp³-hybridized carbons (Fsp3) is 0.400. The van der Waals surface area contributed by atoms with Crippen molar-refractivity contribution in [1.82, 2.24) is 15.0 Å². The molecule has 0 bridgehead atoms. The van der Waals surface area contributed by atoms with Crippen LogP contribution in [0.5, 0.6) is 0 Å². The second-order valence-corrected chi connectivity index (χ2v) is 6.11. The van der Waals surface area contributed by atoms with Crippen molar-refractivity contribution in [3.8, 4) is 11.3 Å². The molecule has 0 aliphatic carbocycles. The highest BCUT2D eigenvalue weighted by molar-refractivity contribution is 6.30. The summed E-state index contributed by atoms with van der Waals surface area (Å²) in [5, 5.41) is 0.520. The lowest BCUT2D eigenvalue weighted by atomic mass is 9.95. The van der Waals surface area contributed by atoms with Gasteiger partial charge in [0, 0.05) is 28.9 Å². The molecule has 0 spiro atoms. The minimum absolute atomic E-state index is 0.132. The van der Waals surface area contributed by atoms with E-state index in [9.17, 15) is 0 Å². The molecule has 100 valence electrons. The van der Waals surface area contributed by atoms with Crippen LogP contribution in [0.3, 0.4) is 0 Å². The lowest BCUT2D eigenvalue weighted by Crippen LogP contribution is -2.17. The molecule has 0 N–H and O–H groups in total. The van der Waals surface area contributed by atoms with Crippen molar-refractivity contribution in [2.45, 2.75) is 40.0 Å². The number of hydrogen-bond acceptors (Lipinski definition) is 3. The molecular formula is C15H18ClN3. The van der Waals surface area contributed by atoms with E-state index in [0.717, 1.165) is 28.2 Å². The fourth-order valence-electron chi connectivity index (χ4n) is 1.83. The Morgan fingerprint density at radius 3 is 2.37 bits per heavy atom. The molecule has 2 aromatic rings. The van der Waals surface area contributed by atoms with Gasteiger partial charge in [-0.3, -0.25) is 4.98 Å². The molecule has 0 aliphatic heterocycles. The van der Waals surface area contributed by atoms with Crippen LogP contribution in [0.4, 0.5) is 0 Å². The summed E-state index contributed by atoms with van der Waals surface area (Å²) in [6.07, 6.45) is 3.61. The second kappa shape index (κ2) is 4.89. The van der Waals surface area contributed by atoms with E-state index in [2.05, 4.69) is 30.7 Å². The van der Waals surface area contributed by atoms with Gasteiger partial charge in [0.15, 0.2) is 0 Å². The molecule has 2 heterocycles. The zero-order valence-corrected chi connectivity index (χ0v) is 12.7. The summed E-state index contributed by atoms with van der Waals surface area (Å²) < 4.78 is 0. The van der Waals surface area contributed by atoms with E-state index >= 15 is 0 Å². The number of hydrogen-bond donors (Lipinski definition) is 0. The zero-order chi connectivity index (χ0) is 14.2. The van der Waals surface area contributed by atoms with Crippen molar-refractivity contribution in [3.05, 3.63) is 40.6 Å². The molecule has 2 rings (SSSR count). The van der Waals surface area contributed by atoms with Crippen LogP contribution in [0.15, 0.2) is 18.5 Å². The van der Waals surface area contributed by atoms with Gasteiger partial charge >= 0.3 is 0 Å². The number of pyridine rings is 1. The Labute approximate surface area is 119 Å². The fourth-order valence-corrected chi connectivity index (χ4v) is 2.00. The van der Waals surface area contributed by atoms with Gasteiger partial charge in [-0.15, -0.1) is 0 Å². The summed E-state index contributed by atoms with van der Waals surface area (Å²) in [7, 11) is 0. The molecule has 0 aliphatic rings. The first-order chi connectivity index (χ1) is 8.80. The first-order valence-corrected chi connectivity index (χ1v) is 6.64. The second-order valence-electron chi connectivity index (χ2n) is 5.75. The monoisotopic (exact) mass is 275 g/mol. The van der Waals surface area contributed by atoms with Gasteiger partial charge in [0.2, 0.25) is 0 Å². The Morgan fingerprint density at radius 2 is 1.79 bits per heavy atom. The summed E-state index contributed by atoms with van der Waals surface area (Å²) in [5.74, 6) is 0.759. The minimum Gasteiger partial charge on any atom is -0.264 e. The number of aryl methyl sites for hydroxylation is 1. The Hall–Kier alpha value is -1.48. The van der Waals surface area contributed by atoms with E-state index in [4.69, 9.17) is 16.6 Å². The van der Waals surface area contributed by atoms with Gasteiger partial charge < -0.3 is 0 Å². The molecular weight excluding hydrogens is 258 g/mol. The number of aromatic nitrogens is 3. The zero-order valence-electron chi connectivity index (χ0n) is 12.0. The number of rotatable bonds is 1. The summed E-state index contributed by atoms with van der Waals surface area (Å²) in [6.45, 7) is 10.2. The van der Waals surface area contributed by atoms with E-state index in [-0.39, 0.29) is 5.41 Å². The SMILES string of the molecule is Cc1cnccc1-c1nc(C(C)(C)C)nc(Cl)c1C. The average Bonchev–Trinajstić information content (AvgIpc) is 2.32. The van der Waals surface area contributed by atoms with Crippen molar-refractivity contribution in [2.24, 2.45) is 0 Å². The largest absolute Gasteiger partial charge is 0.264 e. The molecule has 0 radical (unpaired) electrons. The molecule has 0 amide bonds. The minimum atomic E-state index is -0.132. The van der Waals surface area contributed by atoms with Gasteiger partial charge in [-0.2, -0.15) is 0 Å². The van der Waals surface area contributed by atoms with Crippen molar-refractivity contribution >= 4 is 11.6 Å². The summed E-state index contributed by atoms with van der Waals surface area (Å²) in [4.78, 5) is 13.2. The molecule has 0 saturated heterocycles. The maximum absolute atomic E-state index is 6.26. The van der Waals surface area contributed by atoms with Crippen LogP contribution in [0.1, 0.15) is 37.7 Å². The van der Waals surface area contributed by atoms with Crippen LogP contribution in [-0.2, 0) is 5.41 Å². The van der Waals surface area contributed by atoms with Crippen LogP contribution in [0.25, 0.3) is 11.3 Å². The normalized spacial score (nSPS) is 11.7. The van der Waals surface area contributed by atoms with E-state index < -0.39 is 0 Å². The molecule has 0 unspecified atom stereocenters. The third kappa shape index (κ3) is 2.76. The van der Waals surface area contributed by atoms with E-state index in [0.29, 0.717) is 5.15 Å². The lowest BCUT2D eigenvalue weighted by Gasteiger charge is -2.19. The molecule has 2 aromatic heterocycles. The highest BCUT2D eigenvalue weighted by Crippen LogP contribution is 2.30. The van der Waals surface area contributed by atoms with Crippen molar-refractivity contribution in [2.75, 3.05) is 0 Å². The van der Waals surface area contributed by atoms with Gasteiger partial charge in [0.25, 0.3) is 0 Å². The smallest absolute Gasteiger partial charge is 0.136 e. The van der Waals surface area contributed by atoms with E-state index in [1.807, 2.05) is 26.1 Å². The van der Waals surface area contributed by atoms with Crippen LogP contribution in [0.2, 0.25) is 5.15 Å². The summed E-state index contributed by atoms with van der Waals surface area (Å²) in [5.41, 5.74) is 3.81. The van der Waals surface area contributed by atoms with Crippen LogP contribution in [-0.4, -0.2) is 15.0 Å². The van der Waals surface area contributed by atoms with E-state index in [1.54, 1.807) is 6.20 Å². The van der Waals surface area contributed by atoms with Gasteiger partial charge in [-0.25, -0.2) is 9.97 Å². The van der Waals surface area contributed by atoms with Crippen LogP contribution in [0, 0.1) is 13.8 Å². The third-order valence-corrected chi connectivity index (χ3v) is 3.40. The highest BCUT2D eigenvalue weighted by Gasteiger charge is 2.21. The summed E-state index contributed by atoms with van der Waals surface area (Å²) >= 11 is 6.26. The molecule has 19 heavy (non-hydrogen) atoms. The standard InChI is InChI=1S/C15H18ClN3/c1-9-8-17-7-6-11(9)12-10(2)13(16)19-14(18-12)15(3,4)5/h6-8H,1-5H3. The van der Waals surface area contributed by atoms with Crippen molar-refractivity contribution < 1.29 is 0 Å². The Balaban J connectivity index is 2.70. The van der Waals surface area contributed by atoms with Crippen LogP contribution < -0.4 is 0 Å². The quantitative estimate of drug-likeness (QED) is 0.735. The molecule has 3 nitrogen and oxygen atoms in total. The number of nitrogens with zero attached hydrogens (tertiary/aromatic N) is 3. The van der Waals surface area contributed by atoms with Gasteiger partial charge in [-0.05, 0) is 25.5 Å². The van der Waals surface area contributed by atoms with Crippen molar-refractivity contribution in [1.29, 1.82) is 0 Å². The Bertz CT molecular complexity index is 615. The van der Waals surface area contributed by atoms with Gasteiger partial charge in [-0.1, -0.05) is 32.4 Å². The molecule has 0 saturated carbocycles. The van der Waals surface area contributed by atoms with Crippen LogP contribution >= 0.6 is 11.6 Å². The Kier molecular flexibility index (Phi) is 3.59. The third-order valence-electron chi connectivity index (χ3n) is 3.03. The highest BCUT2D eigenvalue weighted by atomic mass is 35.5. The van der Waals surface area contributed by atoms with E-state index in [1.165, 1.54) is 0 Å². The predicted octanol–water partition coefficient (Wildman–Crippen LogP) is 4.11. The predicted molar refractivity (Wildman–Crippen MR) is 78.4 cm³/mol. The average molecular weight is 276 g/mol. The molecule has 0 fully saturated rings. The first kappa shape index (κ1) is 13.9. The van der Waals surface area contributed by atoms with Crippen molar-refractivity contribution in [3.63, 3.8) is 0 Å². The number of halogens is 1. The van der Waals surface area contributed by atoms with Gasteiger partial charge in [0.05, 0.1) is 5.69 Å². The first-order valence-electron chi connectivity index (χ1n) is 6.26.